The van der Waals surface area contributed by atoms with E-state index >= 15 is 0 Å². The molecule has 1 N–H and O–H groups in total. The molecule has 0 saturated carbocycles. The molecule has 92 valence electrons. The summed E-state index contributed by atoms with van der Waals surface area (Å²) in [6.45, 7) is 0.545. The second-order valence-corrected chi connectivity index (χ2v) is 5.43. The lowest BCUT2D eigenvalue weighted by Crippen LogP contribution is -2.02. The van der Waals surface area contributed by atoms with Crippen molar-refractivity contribution in [3.63, 3.8) is 0 Å². The minimum Gasteiger partial charge on any atom is -0.358 e. The maximum atomic E-state index is 11.1. The standard InChI is InChI=1S/C10H8N4O2S2/c15-14(16)9-8(11-6-7-2-1-4-17-7)12-10-13(9)3-5-18-10/h1-5,11H,6H2. The van der Waals surface area contributed by atoms with E-state index in [4.69, 9.17) is 0 Å². The zero-order valence-corrected chi connectivity index (χ0v) is 10.7. The van der Waals surface area contributed by atoms with Crippen molar-refractivity contribution in [1.29, 1.82) is 0 Å². The molecule has 0 aliphatic heterocycles. The van der Waals surface area contributed by atoms with Crippen molar-refractivity contribution in [2.75, 3.05) is 5.32 Å². The van der Waals surface area contributed by atoms with Gasteiger partial charge < -0.3 is 15.4 Å². The Labute approximate surface area is 110 Å². The van der Waals surface area contributed by atoms with E-state index in [1.165, 1.54) is 15.7 Å². The highest BCUT2D eigenvalue weighted by molar-refractivity contribution is 7.15. The van der Waals surface area contributed by atoms with Gasteiger partial charge in [0.15, 0.2) is 0 Å². The van der Waals surface area contributed by atoms with Crippen molar-refractivity contribution in [3.8, 4) is 0 Å². The van der Waals surface area contributed by atoms with Crippen LogP contribution >= 0.6 is 22.7 Å². The van der Waals surface area contributed by atoms with Crippen LogP contribution in [0.1, 0.15) is 4.88 Å². The molecule has 0 amide bonds. The van der Waals surface area contributed by atoms with Gasteiger partial charge in [-0.1, -0.05) is 17.4 Å². The molecule has 0 radical (unpaired) electrons. The molecule has 0 saturated heterocycles. The zero-order chi connectivity index (χ0) is 12.5. The summed E-state index contributed by atoms with van der Waals surface area (Å²) in [5.74, 6) is 0.308. The summed E-state index contributed by atoms with van der Waals surface area (Å²) < 4.78 is 1.49. The van der Waals surface area contributed by atoms with E-state index in [1.807, 2.05) is 17.5 Å². The molecule has 6 nitrogen and oxygen atoms in total. The molecular formula is C10H8N4O2S2. The van der Waals surface area contributed by atoms with E-state index in [1.54, 1.807) is 22.9 Å². The molecule has 0 unspecified atom stereocenters. The SMILES string of the molecule is O=[N+]([O-])c1c(NCc2cccs2)nc2sccn12. The van der Waals surface area contributed by atoms with Crippen LogP contribution in [0.25, 0.3) is 4.96 Å². The lowest BCUT2D eigenvalue weighted by Gasteiger charge is -2.00. The number of hydrogen-bond acceptors (Lipinski definition) is 6. The van der Waals surface area contributed by atoms with Gasteiger partial charge in [0.1, 0.15) is 6.20 Å². The maximum absolute atomic E-state index is 11.1. The fourth-order valence-electron chi connectivity index (χ4n) is 1.65. The van der Waals surface area contributed by atoms with E-state index in [-0.39, 0.29) is 5.82 Å². The quantitative estimate of drug-likeness (QED) is 0.589. The molecule has 3 rings (SSSR count). The predicted octanol–water partition coefficient (Wildman–Crippen LogP) is 2.98. The van der Waals surface area contributed by atoms with Gasteiger partial charge >= 0.3 is 5.82 Å². The Morgan fingerprint density at radius 2 is 2.33 bits per heavy atom. The zero-order valence-electron chi connectivity index (χ0n) is 9.07. The van der Waals surface area contributed by atoms with Crippen LogP contribution in [0.3, 0.4) is 0 Å². The average molecular weight is 280 g/mol. The summed E-state index contributed by atoms with van der Waals surface area (Å²) in [6.07, 6.45) is 1.65. The predicted molar refractivity (Wildman–Crippen MR) is 71.4 cm³/mol. The first-order chi connectivity index (χ1) is 8.75. The van der Waals surface area contributed by atoms with Gasteiger partial charge in [-0.2, -0.15) is 9.38 Å². The summed E-state index contributed by atoms with van der Waals surface area (Å²) in [6, 6.07) is 3.92. The fourth-order valence-corrected chi connectivity index (χ4v) is 3.00. The number of nitrogens with one attached hydrogen (secondary N) is 1. The number of hydrogen-bond donors (Lipinski definition) is 1. The molecule has 0 spiro atoms. The largest absolute Gasteiger partial charge is 0.372 e. The average Bonchev–Trinajstić information content (AvgIpc) is 3.01. The van der Waals surface area contributed by atoms with Crippen LogP contribution in [-0.4, -0.2) is 14.3 Å². The molecule has 8 heteroatoms. The third-order valence-corrected chi connectivity index (χ3v) is 4.05. The molecule has 0 aromatic carbocycles. The number of thiophene rings is 1. The van der Waals surface area contributed by atoms with Crippen LogP contribution in [0, 0.1) is 10.1 Å². The van der Waals surface area contributed by atoms with Gasteiger partial charge in [0.2, 0.25) is 5.82 Å². The number of nitro groups is 1. The van der Waals surface area contributed by atoms with Crippen LogP contribution in [0.15, 0.2) is 29.1 Å². The normalized spacial score (nSPS) is 10.9. The monoisotopic (exact) mass is 280 g/mol. The van der Waals surface area contributed by atoms with Gasteiger partial charge in [-0.15, -0.1) is 11.3 Å². The number of anilines is 1. The number of aromatic nitrogens is 2. The summed E-state index contributed by atoms with van der Waals surface area (Å²) in [5.41, 5.74) is 0. The van der Waals surface area contributed by atoms with E-state index in [0.29, 0.717) is 17.3 Å². The Hall–Kier alpha value is -1.93. The second kappa shape index (κ2) is 4.39. The van der Waals surface area contributed by atoms with Crippen LogP contribution in [-0.2, 0) is 6.54 Å². The Morgan fingerprint density at radius 3 is 3.06 bits per heavy atom. The number of rotatable bonds is 4. The molecule has 0 fully saturated rings. The Bertz CT molecular complexity index is 686. The number of fused-ring (bicyclic) bond motifs is 1. The summed E-state index contributed by atoms with van der Waals surface area (Å²) in [4.78, 5) is 16.6. The third kappa shape index (κ3) is 1.85. The Balaban J connectivity index is 1.93. The maximum Gasteiger partial charge on any atom is 0.372 e. The number of imidazole rings is 1. The molecule has 0 atom stereocenters. The lowest BCUT2D eigenvalue weighted by molar-refractivity contribution is -0.389. The molecule has 18 heavy (non-hydrogen) atoms. The van der Waals surface area contributed by atoms with Crippen molar-refractivity contribution in [1.82, 2.24) is 9.38 Å². The molecule has 0 bridgehead atoms. The smallest absolute Gasteiger partial charge is 0.358 e. The highest BCUT2D eigenvalue weighted by atomic mass is 32.1. The Morgan fingerprint density at radius 1 is 1.44 bits per heavy atom. The van der Waals surface area contributed by atoms with Crippen LogP contribution < -0.4 is 5.32 Å². The molecule has 0 aliphatic carbocycles. The highest BCUT2D eigenvalue weighted by Gasteiger charge is 2.23. The van der Waals surface area contributed by atoms with Crippen LogP contribution in [0.2, 0.25) is 0 Å². The van der Waals surface area contributed by atoms with E-state index in [2.05, 4.69) is 10.3 Å². The van der Waals surface area contributed by atoms with Crippen molar-refractivity contribution in [2.24, 2.45) is 0 Å². The van der Waals surface area contributed by atoms with Crippen LogP contribution in [0.4, 0.5) is 11.6 Å². The fraction of sp³-hybridized carbons (Fsp3) is 0.100. The van der Waals surface area contributed by atoms with Gasteiger partial charge in [0, 0.05) is 10.3 Å². The van der Waals surface area contributed by atoms with Gasteiger partial charge in [-0.05, 0) is 16.4 Å². The molecule has 0 aliphatic rings. The first kappa shape index (κ1) is 11.2. The van der Waals surface area contributed by atoms with Gasteiger partial charge in [-0.25, -0.2) is 0 Å². The summed E-state index contributed by atoms with van der Waals surface area (Å²) in [5, 5.41) is 17.8. The van der Waals surface area contributed by atoms with Gasteiger partial charge in [0.05, 0.1) is 6.54 Å². The minimum atomic E-state index is -0.413. The third-order valence-electron chi connectivity index (χ3n) is 2.42. The van der Waals surface area contributed by atoms with Crippen molar-refractivity contribution >= 4 is 39.3 Å². The van der Waals surface area contributed by atoms with Crippen LogP contribution in [0.5, 0.6) is 0 Å². The highest BCUT2D eigenvalue weighted by Crippen LogP contribution is 2.28. The first-order valence-electron chi connectivity index (χ1n) is 5.12. The number of thiazole rings is 1. The first-order valence-corrected chi connectivity index (χ1v) is 6.88. The molecular weight excluding hydrogens is 272 g/mol. The second-order valence-electron chi connectivity index (χ2n) is 3.53. The van der Waals surface area contributed by atoms with Gasteiger partial charge in [0.25, 0.3) is 4.96 Å². The van der Waals surface area contributed by atoms with E-state index < -0.39 is 4.92 Å². The lowest BCUT2D eigenvalue weighted by atomic mass is 10.4. The summed E-state index contributed by atoms with van der Waals surface area (Å²) in [7, 11) is 0. The number of nitrogens with zero attached hydrogens (tertiary/aromatic N) is 3. The molecule has 3 aromatic rings. The van der Waals surface area contributed by atoms with E-state index in [9.17, 15) is 10.1 Å². The van der Waals surface area contributed by atoms with Crippen molar-refractivity contribution in [3.05, 3.63) is 44.1 Å². The van der Waals surface area contributed by atoms with Crippen molar-refractivity contribution in [2.45, 2.75) is 6.54 Å². The molecule has 3 heterocycles. The van der Waals surface area contributed by atoms with Gasteiger partial charge in [-0.3, -0.25) is 0 Å². The van der Waals surface area contributed by atoms with Crippen molar-refractivity contribution < 1.29 is 4.92 Å². The Kier molecular flexibility index (Phi) is 2.73. The van der Waals surface area contributed by atoms with E-state index in [0.717, 1.165) is 4.88 Å². The summed E-state index contributed by atoms with van der Waals surface area (Å²) >= 11 is 2.97. The molecule has 3 aromatic heterocycles. The minimum absolute atomic E-state index is 0.0113. The topological polar surface area (TPSA) is 72.5 Å².